The van der Waals surface area contributed by atoms with Crippen LogP contribution in [0.4, 0.5) is 13.2 Å². The van der Waals surface area contributed by atoms with Crippen molar-refractivity contribution in [2.75, 3.05) is 0 Å². The van der Waals surface area contributed by atoms with Crippen LogP contribution in [0, 0.1) is 13.8 Å². The van der Waals surface area contributed by atoms with Gasteiger partial charge in [0.25, 0.3) is 0 Å². The molecule has 0 saturated heterocycles. The van der Waals surface area contributed by atoms with Crippen molar-refractivity contribution in [3.8, 4) is 5.82 Å². The van der Waals surface area contributed by atoms with E-state index >= 15 is 0 Å². The zero-order valence-electron chi connectivity index (χ0n) is 11.3. The molecular weight excluding hydrogens is 255 g/mol. The van der Waals surface area contributed by atoms with Crippen LogP contribution in [-0.2, 0) is 6.18 Å². The number of aryl methyl sites for hydroxylation is 1. The van der Waals surface area contributed by atoms with E-state index in [0.717, 1.165) is 29.6 Å². The summed E-state index contributed by atoms with van der Waals surface area (Å²) in [6.45, 7) is 7.62. The average molecular weight is 271 g/mol. The minimum absolute atomic E-state index is 0.172. The van der Waals surface area contributed by atoms with Gasteiger partial charge in [-0.1, -0.05) is 13.8 Å². The fourth-order valence-electron chi connectivity index (χ4n) is 1.43. The first-order chi connectivity index (χ1) is 8.89. The Bertz CT molecular complexity index is 544. The van der Waals surface area contributed by atoms with Gasteiger partial charge >= 0.3 is 6.18 Å². The molecule has 0 bridgehead atoms. The normalized spacial score (nSPS) is 10.9. The van der Waals surface area contributed by atoms with Crippen LogP contribution in [0.2, 0.25) is 0 Å². The Kier molecular flexibility index (Phi) is 4.69. The molecule has 0 N–H and O–H groups in total. The smallest absolute Gasteiger partial charge is 0.237 e. The molecule has 0 aliphatic carbocycles. The van der Waals surface area contributed by atoms with E-state index in [0.29, 0.717) is 0 Å². The van der Waals surface area contributed by atoms with E-state index in [1.54, 1.807) is 13.1 Å². The molecular formula is C13H16F3N3. The summed E-state index contributed by atoms with van der Waals surface area (Å²) in [6.07, 6.45) is -1.64. The fraction of sp³-hybridized carbons (Fsp3) is 0.385. The van der Waals surface area contributed by atoms with Crippen LogP contribution in [0.1, 0.15) is 30.7 Å². The van der Waals surface area contributed by atoms with Gasteiger partial charge in [0.1, 0.15) is 0 Å². The second-order valence-electron chi connectivity index (χ2n) is 3.73. The van der Waals surface area contributed by atoms with Crippen LogP contribution in [0.15, 0.2) is 24.5 Å². The Morgan fingerprint density at radius 1 is 1.16 bits per heavy atom. The maximum absolute atomic E-state index is 12.5. The maximum atomic E-state index is 12.5. The van der Waals surface area contributed by atoms with Crippen LogP contribution in [-0.4, -0.2) is 14.8 Å². The lowest BCUT2D eigenvalue weighted by molar-refractivity contribution is -0.137. The van der Waals surface area contributed by atoms with E-state index in [1.807, 2.05) is 20.8 Å². The third-order valence-electron chi connectivity index (χ3n) is 2.55. The van der Waals surface area contributed by atoms with E-state index in [1.165, 1.54) is 4.68 Å². The highest BCUT2D eigenvalue weighted by molar-refractivity contribution is 5.32. The SMILES string of the molecule is CC.Cc1cnn(-c2cc(C(F)(F)F)ccn2)c1C. The van der Waals surface area contributed by atoms with Crippen molar-refractivity contribution in [1.82, 2.24) is 14.8 Å². The molecule has 2 heterocycles. The van der Waals surface area contributed by atoms with Gasteiger partial charge in [-0.25, -0.2) is 9.67 Å². The van der Waals surface area contributed by atoms with Gasteiger partial charge in [0.2, 0.25) is 0 Å². The lowest BCUT2D eigenvalue weighted by Crippen LogP contribution is -2.08. The van der Waals surface area contributed by atoms with Gasteiger partial charge in [-0.2, -0.15) is 18.3 Å². The first-order valence-electron chi connectivity index (χ1n) is 5.94. The molecule has 0 atom stereocenters. The zero-order chi connectivity index (χ0) is 14.6. The van der Waals surface area contributed by atoms with E-state index in [9.17, 15) is 13.2 Å². The van der Waals surface area contributed by atoms with E-state index in [-0.39, 0.29) is 5.82 Å². The number of halogens is 3. The minimum Gasteiger partial charge on any atom is -0.237 e. The van der Waals surface area contributed by atoms with Crippen molar-refractivity contribution >= 4 is 0 Å². The Morgan fingerprint density at radius 2 is 1.79 bits per heavy atom. The monoisotopic (exact) mass is 271 g/mol. The molecule has 0 fully saturated rings. The van der Waals surface area contributed by atoms with Crippen LogP contribution >= 0.6 is 0 Å². The predicted molar refractivity (Wildman–Crippen MR) is 67.2 cm³/mol. The van der Waals surface area contributed by atoms with Crippen molar-refractivity contribution in [3.05, 3.63) is 41.3 Å². The largest absolute Gasteiger partial charge is 0.416 e. The number of aromatic nitrogens is 3. The van der Waals surface area contributed by atoms with Gasteiger partial charge in [-0.3, -0.25) is 0 Å². The summed E-state index contributed by atoms with van der Waals surface area (Å²) >= 11 is 0. The Labute approximate surface area is 110 Å². The number of pyridine rings is 1. The predicted octanol–water partition coefficient (Wildman–Crippen LogP) is 3.93. The second kappa shape index (κ2) is 5.86. The standard InChI is InChI=1S/C11H10F3N3.C2H6/c1-7-6-16-17(8(7)2)10-5-9(3-4-15-10)11(12,13)14;1-2/h3-6H,1-2H3;1-2H3. The number of nitrogens with zero attached hydrogens (tertiary/aromatic N) is 3. The summed E-state index contributed by atoms with van der Waals surface area (Å²) in [7, 11) is 0. The highest BCUT2D eigenvalue weighted by Gasteiger charge is 2.31. The highest BCUT2D eigenvalue weighted by atomic mass is 19.4. The molecule has 19 heavy (non-hydrogen) atoms. The van der Waals surface area contributed by atoms with Gasteiger partial charge in [0.15, 0.2) is 5.82 Å². The van der Waals surface area contributed by atoms with E-state index in [4.69, 9.17) is 0 Å². The lowest BCUT2D eigenvalue weighted by atomic mass is 10.2. The number of hydrogen-bond acceptors (Lipinski definition) is 2. The van der Waals surface area contributed by atoms with Crippen molar-refractivity contribution in [2.24, 2.45) is 0 Å². The van der Waals surface area contributed by atoms with Gasteiger partial charge in [-0.15, -0.1) is 0 Å². The summed E-state index contributed by atoms with van der Waals surface area (Å²) in [4.78, 5) is 3.90. The molecule has 0 radical (unpaired) electrons. The molecule has 2 aromatic heterocycles. The molecule has 0 aliphatic rings. The third kappa shape index (κ3) is 3.33. The molecule has 3 nitrogen and oxygen atoms in total. The number of rotatable bonds is 1. The second-order valence-corrected chi connectivity index (χ2v) is 3.73. The molecule has 0 spiro atoms. The zero-order valence-corrected chi connectivity index (χ0v) is 11.3. The summed E-state index contributed by atoms with van der Waals surface area (Å²) in [6, 6.07) is 1.93. The summed E-state index contributed by atoms with van der Waals surface area (Å²) in [5.41, 5.74) is 0.955. The lowest BCUT2D eigenvalue weighted by Gasteiger charge is -2.09. The summed E-state index contributed by atoms with van der Waals surface area (Å²) in [5, 5.41) is 4.00. The van der Waals surface area contributed by atoms with Gasteiger partial charge < -0.3 is 0 Å². The maximum Gasteiger partial charge on any atom is 0.416 e. The van der Waals surface area contributed by atoms with Crippen molar-refractivity contribution in [1.29, 1.82) is 0 Å². The van der Waals surface area contributed by atoms with Crippen molar-refractivity contribution in [2.45, 2.75) is 33.9 Å². The summed E-state index contributed by atoms with van der Waals surface area (Å²) in [5.74, 6) is 0.172. The minimum atomic E-state index is -4.37. The molecule has 2 rings (SSSR count). The molecule has 0 amide bonds. The van der Waals surface area contributed by atoms with Crippen LogP contribution in [0.5, 0.6) is 0 Å². The van der Waals surface area contributed by atoms with Crippen molar-refractivity contribution in [3.63, 3.8) is 0 Å². The molecule has 104 valence electrons. The average Bonchev–Trinajstić information content (AvgIpc) is 2.72. The number of hydrogen-bond donors (Lipinski definition) is 0. The molecule has 0 unspecified atom stereocenters. The number of alkyl halides is 3. The van der Waals surface area contributed by atoms with E-state index < -0.39 is 11.7 Å². The Hall–Kier alpha value is -1.85. The first-order valence-corrected chi connectivity index (χ1v) is 5.94. The van der Waals surface area contributed by atoms with E-state index in [2.05, 4.69) is 10.1 Å². The molecule has 6 heteroatoms. The Balaban J connectivity index is 0.000000861. The topological polar surface area (TPSA) is 30.7 Å². The third-order valence-corrected chi connectivity index (χ3v) is 2.55. The highest BCUT2D eigenvalue weighted by Crippen LogP contribution is 2.29. The van der Waals surface area contributed by atoms with Crippen LogP contribution < -0.4 is 0 Å². The summed E-state index contributed by atoms with van der Waals surface area (Å²) < 4.78 is 39.0. The van der Waals surface area contributed by atoms with Gasteiger partial charge in [0.05, 0.1) is 11.8 Å². The fourth-order valence-corrected chi connectivity index (χ4v) is 1.43. The van der Waals surface area contributed by atoms with Gasteiger partial charge in [0, 0.05) is 11.9 Å². The molecule has 2 aromatic rings. The van der Waals surface area contributed by atoms with Crippen LogP contribution in [0.3, 0.4) is 0 Å². The van der Waals surface area contributed by atoms with Crippen molar-refractivity contribution < 1.29 is 13.2 Å². The molecule has 0 saturated carbocycles. The molecule has 0 aliphatic heterocycles. The quantitative estimate of drug-likeness (QED) is 0.786. The Morgan fingerprint density at radius 3 is 2.26 bits per heavy atom. The van der Waals surface area contributed by atoms with Gasteiger partial charge in [-0.05, 0) is 31.5 Å². The molecule has 0 aromatic carbocycles. The first kappa shape index (κ1) is 15.2. The van der Waals surface area contributed by atoms with Crippen LogP contribution in [0.25, 0.3) is 5.82 Å².